The SMILES string of the molecule is COc1cc(OC)c(NC(=O)/C=C/c2ccc(OC)c(OC)c2)cc1Cl. The summed E-state index contributed by atoms with van der Waals surface area (Å²) < 4.78 is 20.8. The van der Waals surface area contributed by atoms with Gasteiger partial charge in [-0.2, -0.15) is 0 Å². The normalized spacial score (nSPS) is 10.5. The fraction of sp³-hybridized carbons (Fsp3) is 0.211. The highest BCUT2D eigenvalue weighted by molar-refractivity contribution is 6.32. The first-order valence-electron chi connectivity index (χ1n) is 7.65. The van der Waals surface area contributed by atoms with Gasteiger partial charge < -0.3 is 24.3 Å². The van der Waals surface area contributed by atoms with Crippen molar-refractivity contribution in [2.24, 2.45) is 0 Å². The van der Waals surface area contributed by atoms with Crippen molar-refractivity contribution in [1.29, 1.82) is 0 Å². The summed E-state index contributed by atoms with van der Waals surface area (Å²) in [5.74, 6) is 1.77. The van der Waals surface area contributed by atoms with Crippen molar-refractivity contribution < 1.29 is 23.7 Å². The number of hydrogen-bond acceptors (Lipinski definition) is 5. The molecule has 138 valence electrons. The van der Waals surface area contributed by atoms with Crippen molar-refractivity contribution in [2.45, 2.75) is 0 Å². The number of benzene rings is 2. The number of nitrogens with one attached hydrogen (secondary N) is 1. The highest BCUT2D eigenvalue weighted by atomic mass is 35.5. The van der Waals surface area contributed by atoms with Crippen LogP contribution in [0.2, 0.25) is 5.02 Å². The van der Waals surface area contributed by atoms with Gasteiger partial charge in [0, 0.05) is 12.1 Å². The maximum atomic E-state index is 12.2. The minimum absolute atomic E-state index is 0.334. The second kappa shape index (κ2) is 9.01. The van der Waals surface area contributed by atoms with Crippen LogP contribution < -0.4 is 24.3 Å². The van der Waals surface area contributed by atoms with Gasteiger partial charge in [0.25, 0.3) is 0 Å². The van der Waals surface area contributed by atoms with E-state index in [2.05, 4.69) is 5.32 Å². The smallest absolute Gasteiger partial charge is 0.248 e. The zero-order chi connectivity index (χ0) is 19.1. The van der Waals surface area contributed by atoms with Crippen LogP contribution in [0.4, 0.5) is 5.69 Å². The van der Waals surface area contributed by atoms with E-state index in [0.717, 1.165) is 5.56 Å². The molecule has 2 aromatic rings. The van der Waals surface area contributed by atoms with Crippen LogP contribution >= 0.6 is 11.6 Å². The van der Waals surface area contributed by atoms with Gasteiger partial charge in [0.15, 0.2) is 11.5 Å². The van der Waals surface area contributed by atoms with Gasteiger partial charge in [0.2, 0.25) is 5.91 Å². The van der Waals surface area contributed by atoms with Crippen molar-refractivity contribution in [3.05, 3.63) is 47.0 Å². The van der Waals surface area contributed by atoms with Crippen molar-refractivity contribution in [1.82, 2.24) is 0 Å². The molecule has 26 heavy (non-hydrogen) atoms. The molecule has 0 aliphatic rings. The third kappa shape index (κ3) is 4.61. The number of rotatable bonds is 7. The van der Waals surface area contributed by atoms with Gasteiger partial charge in [-0.15, -0.1) is 0 Å². The van der Waals surface area contributed by atoms with Gasteiger partial charge in [-0.1, -0.05) is 17.7 Å². The van der Waals surface area contributed by atoms with Crippen molar-refractivity contribution in [2.75, 3.05) is 33.8 Å². The number of carbonyl (C=O) groups excluding carboxylic acids is 1. The van der Waals surface area contributed by atoms with E-state index in [4.69, 9.17) is 30.5 Å². The summed E-state index contributed by atoms with van der Waals surface area (Å²) in [6.45, 7) is 0. The van der Waals surface area contributed by atoms with E-state index in [1.165, 1.54) is 20.3 Å². The number of anilines is 1. The van der Waals surface area contributed by atoms with Gasteiger partial charge in [-0.3, -0.25) is 4.79 Å². The lowest BCUT2D eigenvalue weighted by Crippen LogP contribution is -2.09. The Morgan fingerprint density at radius 1 is 0.885 bits per heavy atom. The molecule has 0 saturated carbocycles. The number of halogens is 1. The summed E-state index contributed by atoms with van der Waals surface area (Å²) in [4.78, 5) is 12.2. The van der Waals surface area contributed by atoms with Crippen LogP contribution in [0.1, 0.15) is 5.56 Å². The van der Waals surface area contributed by atoms with Crippen molar-refractivity contribution in [3.63, 3.8) is 0 Å². The summed E-state index contributed by atoms with van der Waals surface area (Å²) in [7, 11) is 6.12. The lowest BCUT2D eigenvalue weighted by atomic mass is 10.2. The number of carbonyl (C=O) groups is 1. The molecule has 0 bridgehead atoms. The van der Waals surface area contributed by atoms with Crippen LogP contribution in [0.25, 0.3) is 6.08 Å². The third-order valence-electron chi connectivity index (χ3n) is 3.57. The quantitative estimate of drug-likeness (QED) is 0.738. The Balaban J connectivity index is 2.16. The van der Waals surface area contributed by atoms with Gasteiger partial charge in [0.1, 0.15) is 11.5 Å². The lowest BCUT2D eigenvalue weighted by molar-refractivity contribution is -0.111. The first kappa shape index (κ1) is 19.5. The first-order chi connectivity index (χ1) is 12.5. The van der Waals surface area contributed by atoms with E-state index in [9.17, 15) is 4.79 Å². The van der Waals surface area contributed by atoms with Crippen LogP contribution in [0.5, 0.6) is 23.0 Å². The predicted molar refractivity (Wildman–Crippen MR) is 102 cm³/mol. The van der Waals surface area contributed by atoms with Crippen LogP contribution in [0, 0.1) is 0 Å². The van der Waals surface area contributed by atoms with Crippen LogP contribution in [-0.2, 0) is 4.79 Å². The van der Waals surface area contributed by atoms with Gasteiger partial charge in [0.05, 0.1) is 39.1 Å². The monoisotopic (exact) mass is 377 g/mol. The zero-order valence-electron chi connectivity index (χ0n) is 15.0. The number of amides is 1. The molecule has 0 heterocycles. The molecule has 0 atom stereocenters. The predicted octanol–water partition coefficient (Wildman–Crippen LogP) is 4.03. The molecule has 2 rings (SSSR count). The molecule has 0 aliphatic heterocycles. The van der Waals surface area contributed by atoms with E-state index in [1.54, 1.807) is 44.6 Å². The fourth-order valence-corrected chi connectivity index (χ4v) is 2.50. The molecule has 0 saturated heterocycles. The highest BCUT2D eigenvalue weighted by Crippen LogP contribution is 2.36. The van der Waals surface area contributed by atoms with E-state index >= 15 is 0 Å². The van der Waals surface area contributed by atoms with E-state index < -0.39 is 0 Å². The number of ether oxygens (including phenoxy) is 4. The molecule has 0 aromatic heterocycles. The number of hydrogen-bond donors (Lipinski definition) is 1. The second-order valence-electron chi connectivity index (χ2n) is 5.12. The first-order valence-corrected chi connectivity index (χ1v) is 8.02. The largest absolute Gasteiger partial charge is 0.495 e. The molecular weight excluding hydrogens is 358 g/mol. The molecule has 0 fully saturated rings. The van der Waals surface area contributed by atoms with Crippen molar-refractivity contribution in [3.8, 4) is 23.0 Å². The summed E-state index contributed by atoms with van der Waals surface area (Å²) in [5, 5.41) is 3.10. The Morgan fingerprint density at radius 2 is 1.54 bits per heavy atom. The summed E-state index contributed by atoms with van der Waals surface area (Å²) >= 11 is 6.10. The minimum atomic E-state index is -0.334. The Morgan fingerprint density at radius 3 is 2.15 bits per heavy atom. The standard InChI is InChI=1S/C19H20ClNO5/c1-23-15-7-5-12(9-18(15)26-4)6-8-19(22)21-14-10-13(20)16(24-2)11-17(14)25-3/h5-11H,1-4H3,(H,21,22)/b8-6+. The van der Waals surface area contributed by atoms with E-state index in [0.29, 0.717) is 33.7 Å². The maximum absolute atomic E-state index is 12.2. The van der Waals surface area contributed by atoms with Crippen LogP contribution in [0.15, 0.2) is 36.4 Å². The fourth-order valence-electron chi connectivity index (χ4n) is 2.26. The Kier molecular flexibility index (Phi) is 6.74. The molecule has 6 nitrogen and oxygen atoms in total. The maximum Gasteiger partial charge on any atom is 0.248 e. The molecule has 0 radical (unpaired) electrons. The van der Waals surface area contributed by atoms with Gasteiger partial charge >= 0.3 is 0 Å². The van der Waals surface area contributed by atoms with Gasteiger partial charge in [-0.25, -0.2) is 0 Å². The number of methoxy groups -OCH3 is 4. The Bertz CT molecular complexity index is 820. The topological polar surface area (TPSA) is 66.0 Å². The average Bonchev–Trinajstić information content (AvgIpc) is 2.66. The molecule has 0 unspecified atom stereocenters. The minimum Gasteiger partial charge on any atom is -0.495 e. The molecule has 1 N–H and O–H groups in total. The second-order valence-corrected chi connectivity index (χ2v) is 5.53. The summed E-state index contributed by atoms with van der Waals surface area (Å²) in [6.07, 6.45) is 3.06. The summed E-state index contributed by atoms with van der Waals surface area (Å²) in [5.41, 5.74) is 1.23. The molecule has 1 amide bonds. The van der Waals surface area contributed by atoms with Crippen LogP contribution in [-0.4, -0.2) is 34.3 Å². The molecular formula is C19H20ClNO5. The zero-order valence-corrected chi connectivity index (χ0v) is 15.7. The van der Waals surface area contributed by atoms with Crippen molar-refractivity contribution >= 4 is 29.3 Å². The van der Waals surface area contributed by atoms with E-state index in [-0.39, 0.29) is 5.91 Å². The molecule has 2 aromatic carbocycles. The Labute approximate surface area is 157 Å². The van der Waals surface area contributed by atoms with Gasteiger partial charge in [-0.05, 0) is 29.8 Å². The lowest BCUT2D eigenvalue weighted by Gasteiger charge is -2.12. The van der Waals surface area contributed by atoms with E-state index in [1.807, 2.05) is 6.07 Å². The molecule has 7 heteroatoms. The molecule has 0 aliphatic carbocycles. The summed E-state index contributed by atoms with van der Waals surface area (Å²) in [6, 6.07) is 8.53. The third-order valence-corrected chi connectivity index (χ3v) is 3.86. The Hall–Kier alpha value is -2.86. The average molecular weight is 378 g/mol. The highest BCUT2D eigenvalue weighted by Gasteiger charge is 2.11. The molecule has 0 spiro atoms. The van der Waals surface area contributed by atoms with Crippen LogP contribution in [0.3, 0.4) is 0 Å².